The first kappa shape index (κ1) is 8.52. The van der Waals surface area contributed by atoms with E-state index >= 15 is 0 Å². The van der Waals surface area contributed by atoms with Gasteiger partial charge in [-0.2, -0.15) is 5.12 Å². The maximum absolute atomic E-state index is 5.94. The monoisotopic (exact) mass is 156 g/mol. The van der Waals surface area contributed by atoms with Gasteiger partial charge in [0.2, 0.25) is 0 Å². The zero-order valence-electron chi connectivity index (χ0n) is 7.57. The lowest BCUT2D eigenvalue weighted by Gasteiger charge is -2.46. The summed E-state index contributed by atoms with van der Waals surface area (Å²) in [6, 6.07) is 0. The molecule has 1 atom stereocenters. The predicted octanol–water partition coefficient (Wildman–Crippen LogP) is -0.186. The Labute approximate surface area is 67.8 Å². The summed E-state index contributed by atoms with van der Waals surface area (Å²) in [6.07, 6.45) is 3.92. The van der Waals surface area contributed by atoms with E-state index in [0.717, 1.165) is 0 Å². The summed E-state index contributed by atoms with van der Waals surface area (Å²) >= 11 is 0. The number of likely N-dealkylation sites (N-methyl/N-ethyl adjacent to an activating group) is 1. The second-order valence-electron chi connectivity index (χ2n) is 3.13. The molecule has 0 bridgehead atoms. The van der Waals surface area contributed by atoms with Gasteiger partial charge in [-0.15, -0.1) is 0 Å². The molecule has 1 aliphatic heterocycles. The molecule has 4 nitrogen and oxygen atoms in total. The molecular weight excluding hydrogens is 140 g/mol. The smallest absolute Gasteiger partial charge is 0.101 e. The Kier molecular flexibility index (Phi) is 1.92. The fourth-order valence-corrected chi connectivity index (χ4v) is 0.987. The Morgan fingerprint density at radius 3 is 2.27 bits per heavy atom. The Hall–Kier alpha value is -0.580. The van der Waals surface area contributed by atoms with Crippen LogP contribution in [0.1, 0.15) is 6.92 Å². The van der Waals surface area contributed by atoms with Crippen molar-refractivity contribution in [1.29, 1.82) is 0 Å². The van der Waals surface area contributed by atoms with Crippen molar-refractivity contribution in [3.8, 4) is 0 Å². The van der Waals surface area contributed by atoms with Crippen molar-refractivity contribution in [2.75, 3.05) is 21.1 Å². The van der Waals surface area contributed by atoms with Gasteiger partial charge in [0.1, 0.15) is 5.66 Å². The molecule has 0 aromatic carbocycles. The molecule has 64 valence electrons. The van der Waals surface area contributed by atoms with Gasteiger partial charge in [0, 0.05) is 27.3 Å². The van der Waals surface area contributed by atoms with E-state index in [-0.39, 0.29) is 5.66 Å². The van der Waals surface area contributed by atoms with Crippen LogP contribution in [0.4, 0.5) is 0 Å². The van der Waals surface area contributed by atoms with Gasteiger partial charge in [-0.1, -0.05) is 0 Å². The third kappa shape index (κ3) is 1.38. The highest BCUT2D eigenvalue weighted by Crippen LogP contribution is 2.16. The molecule has 0 saturated carbocycles. The first-order valence-electron chi connectivity index (χ1n) is 3.63. The summed E-state index contributed by atoms with van der Waals surface area (Å²) in [7, 11) is 5.90. The van der Waals surface area contributed by atoms with Crippen molar-refractivity contribution in [3.63, 3.8) is 0 Å². The average molecular weight is 156 g/mol. The summed E-state index contributed by atoms with van der Waals surface area (Å²) in [6.45, 7) is 1.97. The summed E-state index contributed by atoms with van der Waals surface area (Å²) in [5, 5.41) is 5.89. The summed E-state index contributed by atoms with van der Waals surface area (Å²) in [5.74, 6) is 0. The zero-order chi connectivity index (χ0) is 8.65. The topological polar surface area (TPSA) is 35.7 Å². The molecule has 0 aromatic rings. The highest BCUT2D eigenvalue weighted by Gasteiger charge is 2.28. The fourth-order valence-electron chi connectivity index (χ4n) is 0.987. The van der Waals surface area contributed by atoms with Crippen LogP contribution in [0, 0.1) is 0 Å². The third-order valence-corrected chi connectivity index (χ3v) is 2.22. The van der Waals surface area contributed by atoms with E-state index in [1.807, 2.05) is 55.5 Å². The minimum absolute atomic E-state index is 0.374. The number of hydrogen-bond acceptors (Lipinski definition) is 4. The molecular formula is C7H16N4. The molecule has 0 fully saturated rings. The van der Waals surface area contributed by atoms with E-state index in [2.05, 4.69) is 0 Å². The van der Waals surface area contributed by atoms with Crippen molar-refractivity contribution in [2.45, 2.75) is 12.6 Å². The van der Waals surface area contributed by atoms with Gasteiger partial charge in [-0.3, -0.25) is 0 Å². The van der Waals surface area contributed by atoms with E-state index in [4.69, 9.17) is 5.73 Å². The predicted molar refractivity (Wildman–Crippen MR) is 45.0 cm³/mol. The lowest BCUT2D eigenvalue weighted by atomic mass is 10.2. The van der Waals surface area contributed by atoms with Gasteiger partial charge >= 0.3 is 0 Å². The normalized spacial score (nSPS) is 34.8. The molecule has 0 spiro atoms. The number of nitrogens with two attached hydrogens (primary N) is 1. The molecule has 11 heavy (non-hydrogen) atoms. The van der Waals surface area contributed by atoms with Crippen LogP contribution in [0.15, 0.2) is 12.3 Å². The number of rotatable bonds is 0. The van der Waals surface area contributed by atoms with E-state index in [1.54, 1.807) is 0 Å². The highest BCUT2D eigenvalue weighted by molar-refractivity contribution is 5.01. The van der Waals surface area contributed by atoms with E-state index < -0.39 is 0 Å². The van der Waals surface area contributed by atoms with Crippen LogP contribution in [0.5, 0.6) is 0 Å². The Morgan fingerprint density at radius 1 is 1.27 bits per heavy atom. The first-order valence-corrected chi connectivity index (χ1v) is 3.63. The van der Waals surface area contributed by atoms with Gasteiger partial charge in [-0.05, 0) is 13.0 Å². The Balaban J connectivity index is 2.85. The van der Waals surface area contributed by atoms with Crippen molar-refractivity contribution in [2.24, 2.45) is 5.73 Å². The summed E-state index contributed by atoms with van der Waals surface area (Å²) in [5.41, 5.74) is 5.57. The van der Waals surface area contributed by atoms with E-state index in [1.165, 1.54) is 0 Å². The molecule has 0 saturated heterocycles. The first-order chi connectivity index (χ1) is 4.95. The molecule has 1 aliphatic rings. The van der Waals surface area contributed by atoms with Crippen molar-refractivity contribution in [3.05, 3.63) is 12.3 Å². The Bertz CT molecular complexity index is 175. The summed E-state index contributed by atoms with van der Waals surface area (Å²) < 4.78 is 0. The highest BCUT2D eigenvalue weighted by atomic mass is 15.9. The van der Waals surface area contributed by atoms with Crippen molar-refractivity contribution in [1.82, 2.24) is 15.1 Å². The van der Waals surface area contributed by atoms with Crippen LogP contribution in [-0.2, 0) is 0 Å². The van der Waals surface area contributed by atoms with Crippen LogP contribution in [0.25, 0.3) is 0 Å². The molecule has 1 heterocycles. The van der Waals surface area contributed by atoms with Crippen LogP contribution >= 0.6 is 0 Å². The largest absolute Gasteiger partial charge is 0.309 e. The summed E-state index contributed by atoms with van der Waals surface area (Å²) in [4.78, 5) is 0. The number of hydrogen-bond donors (Lipinski definition) is 1. The van der Waals surface area contributed by atoms with Crippen LogP contribution in [0.3, 0.4) is 0 Å². The standard InChI is InChI=1S/C7H16N4/c1-7(8)5-6-9(2)11(4)10(7)3/h5-6H,8H2,1-4H3. The molecule has 0 radical (unpaired) electrons. The molecule has 2 N–H and O–H groups in total. The number of hydrazine groups is 2. The van der Waals surface area contributed by atoms with Gasteiger partial charge < -0.3 is 10.7 Å². The molecule has 0 amide bonds. The second-order valence-corrected chi connectivity index (χ2v) is 3.13. The number of nitrogens with zero attached hydrogens (tertiary/aromatic N) is 3. The molecule has 0 aromatic heterocycles. The third-order valence-electron chi connectivity index (χ3n) is 2.22. The lowest BCUT2D eigenvalue weighted by Crippen LogP contribution is -2.62. The Morgan fingerprint density at radius 2 is 1.82 bits per heavy atom. The van der Waals surface area contributed by atoms with Crippen LogP contribution in [-0.4, -0.2) is 41.9 Å². The molecule has 4 heteroatoms. The lowest BCUT2D eigenvalue weighted by molar-refractivity contribution is -0.164. The molecule has 1 rings (SSSR count). The van der Waals surface area contributed by atoms with Crippen molar-refractivity contribution >= 4 is 0 Å². The van der Waals surface area contributed by atoms with Crippen LogP contribution < -0.4 is 5.73 Å². The van der Waals surface area contributed by atoms with E-state index in [9.17, 15) is 0 Å². The molecule has 1 unspecified atom stereocenters. The quantitative estimate of drug-likeness (QED) is 0.527. The van der Waals surface area contributed by atoms with E-state index in [0.29, 0.717) is 0 Å². The fraction of sp³-hybridized carbons (Fsp3) is 0.714. The maximum Gasteiger partial charge on any atom is 0.101 e. The van der Waals surface area contributed by atoms with Gasteiger partial charge in [0.15, 0.2) is 0 Å². The minimum Gasteiger partial charge on any atom is -0.309 e. The second kappa shape index (κ2) is 2.48. The zero-order valence-corrected chi connectivity index (χ0v) is 7.57. The van der Waals surface area contributed by atoms with Crippen molar-refractivity contribution < 1.29 is 0 Å². The average Bonchev–Trinajstić information content (AvgIpc) is 1.95. The SMILES string of the molecule is CN1C=CC(C)(N)N(C)N1C. The van der Waals surface area contributed by atoms with Gasteiger partial charge in [-0.25, -0.2) is 5.01 Å². The van der Waals surface area contributed by atoms with Gasteiger partial charge in [0.05, 0.1) is 0 Å². The van der Waals surface area contributed by atoms with Crippen LogP contribution in [0.2, 0.25) is 0 Å². The molecule has 0 aliphatic carbocycles. The van der Waals surface area contributed by atoms with Gasteiger partial charge in [0.25, 0.3) is 0 Å². The minimum atomic E-state index is -0.374. The maximum atomic E-state index is 5.94.